The van der Waals surface area contributed by atoms with E-state index >= 15 is 0 Å². The molecular weight excluding hydrogens is 256 g/mol. The third-order valence-electron chi connectivity index (χ3n) is 2.59. The molecule has 0 aliphatic carbocycles. The molecule has 0 unspecified atom stereocenters. The number of anilines is 1. The second kappa shape index (κ2) is 5.13. The van der Waals surface area contributed by atoms with Gasteiger partial charge in [0.05, 0.1) is 0 Å². The zero-order valence-corrected chi connectivity index (χ0v) is 10.1. The van der Waals surface area contributed by atoms with Crippen molar-refractivity contribution in [2.45, 2.75) is 12.8 Å². The molecule has 0 saturated carbocycles. The van der Waals surface area contributed by atoms with Gasteiger partial charge in [0.2, 0.25) is 5.91 Å². The molecule has 1 aliphatic heterocycles. The molecule has 0 fully saturated rings. The maximum Gasteiger partial charge on any atom is 0.271 e. The lowest BCUT2D eigenvalue weighted by Crippen LogP contribution is -2.34. The molecule has 0 radical (unpaired) electrons. The van der Waals surface area contributed by atoms with Crippen molar-refractivity contribution in [3.05, 3.63) is 29.8 Å². The lowest BCUT2D eigenvalue weighted by molar-refractivity contribution is -0.130. The van der Waals surface area contributed by atoms with Crippen LogP contribution in [0.15, 0.2) is 23.3 Å². The Balaban J connectivity index is 2.13. The summed E-state index contributed by atoms with van der Waals surface area (Å²) in [6.07, 6.45) is 0.382. The third kappa shape index (κ3) is 3.12. The van der Waals surface area contributed by atoms with Crippen LogP contribution in [0.4, 0.5) is 14.5 Å². The predicted octanol–water partition coefficient (Wildman–Crippen LogP) is 1.51. The second-order valence-corrected chi connectivity index (χ2v) is 4.08. The number of hydrazone groups is 1. The molecule has 2 amide bonds. The van der Waals surface area contributed by atoms with Gasteiger partial charge in [0.15, 0.2) is 0 Å². The van der Waals surface area contributed by atoms with E-state index in [1.807, 2.05) is 0 Å². The molecule has 0 spiro atoms. The molecule has 1 aromatic rings. The smallest absolute Gasteiger partial charge is 0.271 e. The van der Waals surface area contributed by atoms with Crippen molar-refractivity contribution >= 4 is 23.2 Å². The average molecular weight is 267 g/mol. The minimum atomic E-state index is -0.784. The van der Waals surface area contributed by atoms with E-state index < -0.39 is 17.5 Å². The Kier molecular flexibility index (Phi) is 3.55. The van der Waals surface area contributed by atoms with Crippen LogP contribution in [-0.4, -0.2) is 29.6 Å². The minimum absolute atomic E-state index is 0.00440. The Morgan fingerprint density at radius 1 is 1.26 bits per heavy atom. The summed E-state index contributed by atoms with van der Waals surface area (Å²) in [5.41, 5.74) is 0.150. The second-order valence-electron chi connectivity index (χ2n) is 4.08. The van der Waals surface area contributed by atoms with Crippen LogP contribution < -0.4 is 5.32 Å². The van der Waals surface area contributed by atoms with Crippen LogP contribution in [0.2, 0.25) is 0 Å². The molecule has 19 heavy (non-hydrogen) atoms. The molecule has 0 saturated heterocycles. The Morgan fingerprint density at radius 2 is 1.89 bits per heavy atom. The van der Waals surface area contributed by atoms with Gasteiger partial charge in [0, 0.05) is 31.6 Å². The summed E-state index contributed by atoms with van der Waals surface area (Å²) in [4.78, 5) is 23.0. The topological polar surface area (TPSA) is 61.8 Å². The molecule has 0 bridgehead atoms. The fraction of sp³-hybridized carbons (Fsp3) is 0.250. The summed E-state index contributed by atoms with van der Waals surface area (Å²) in [5.74, 6) is -2.33. The number of carbonyl (C=O) groups excluding carboxylic acids is 2. The number of benzene rings is 1. The standard InChI is InChI=1S/C12H11F2N3O2/c1-17-11(18)3-2-10(16-17)12(19)15-9-5-7(13)4-8(14)6-9/h4-6H,2-3H2,1H3,(H,15,19). The molecule has 7 heteroatoms. The highest BCUT2D eigenvalue weighted by Crippen LogP contribution is 2.14. The number of amides is 2. The Labute approximate surface area is 107 Å². The Hall–Kier alpha value is -2.31. The van der Waals surface area contributed by atoms with E-state index in [2.05, 4.69) is 10.4 Å². The lowest BCUT2D eigenvalue weighted by Gasteiger charge is -2.18. The van der Waals surface area contributed by atoms with Crippen LogP contribution in [0, 0.1) is 11.6 Å². The number of nitrogens with zero attached hydrogens (tertiary/aromatic N) is 2. The van der Waals surface area contributed by atoms with Gasteiger partial charge < -0.3 is 5.32 Å². The monoisotopic (exact) mass is 267 g/mol. The first-order valence-corrected chi connectivity index (χ1v) is 5.57. The predicted molar refractivity (Wildman–Crippen MR) is 64.4 cm³/mol. The zero-order chi connectivity index (χ0) is 14.0. The number of carbonyl (C=O) groups is 2. The highest BCUT2D eigenvalue weighted by Gasteiger charge is 2.22. The minimum Gasteiger partial charge on any atom is -0.321 e. The van der Waals surface area contributed by atoms with Gasteiger partial charge in [-0.25, -0.2) is 13.8 Å². The van der Waals surface area contributed by atoms with Gasteiger partial charge in [-0.1, -0.05) is 0 Å². The molecule has 1 aromatic carbocycles. The normalized spacial score (nSPS) is 15.2. The van der Waals surface area contributed by atoms with E-state index in [9.17, 15) is 18.4 Å². The molecule has 1 N–H and O–H groups in total. The molecule has 0 atom stereocenters. The summed E-state index contributed by atoms with van der Waals surface area (Å²) < 4.78 is 25.9. The van der Waals surface area contributed by atoms with Crippen molar-refractivity contribution in [2.24, 2.45) is 5.10 Å². The third-order valence-corrected chi connectivity index (χ3v) is 2.59. The van der Waals surface area contributed by atoms with Gasteiger partial charge in [0.25, 0.3) is 5.91 Å². The van der Waals surface area contributed by atoms with E-state index in [1.54, 1.807) is 0 Å². The van der Waals surface area contributed by atoms with Gasteiger partial charge >= 0.3 is 0 Å². The molecule has 1 heterocycles. The largest absolute Gasteiger partial charge is 0.321 e. The Bertz CT molecular complexity index is 552. The summed E-state index contributed by atoms with van der Waals surface area (Å²) in [7, 11) is 1.44. The maximum atomic E-state index is 13.0. The van der Waals surface area contributed by atoms with Crippen LogP contribution in [0.1, 0.15) is 12.8 Å². The van der Waals surface area contributed by atoms with E-state index in [0.29, 0.717) is 6.07 Å². The van der Waals surface area contributed by atoms with Gasteiger partial charge in [-0.3, -0.25) is 9.59 Å². The SMILES string of the molecule is CN1N=C(C(=O)Nc2cc(F)cc(F)c2)CCC1=O. The molecule has 100 valence electrons. The van der Waals surface area contributed by atoms with E-state index in [4.69, 9.17) is 0 Å². The quantitative estimate of drug-likeness (QED) is 0.882. The lowest BCUT2D eigenvalue weighted by atomic mass is 10.1. The average Bonchev–Trinajstić information content (AvgIpc) is 2.31. The zero-order valence-electron chi connectivity index (χ0n) is 10.1. The number of halogens is 2. The first-order valence-electron chi connectivity index (χ1n) is 5.57. The fourth-order valence-electron chi connectivity index (χ4n) is 1.66. The summed E-state index contributed by atoms with van der Waals surface area (Å²) >= 11 is 0. The summed E-state index contributed by atoms with van der Waals surface area (Å²) in [6.45, 7) is 0. The van der Waals surface area contributed by atoms with Gasteiger partial charge in [-0.15, -0.1) is 0 Å². The van der Waals surface area contributed by atoms with E-state index in [-0.39, 0.29) is 30.1 Å². The molecule has 0 aromatic heterocycles. The van der Waals surface area contributed by atoms with Gasteiger partial charge in [-0.05, 0) is 12.1 Å². The van der Waals surface area contributed by atoms with Crippen LogP contribution in [0.25, 0.3) is 0 Å². The summed E-state index contributed by atoms with van der Waals surface area (Å²) in [6, 6.07) is 2.71. The van der Waals surface area contributed by atoms with Crippen LogP contribution in [0.3, 0.4) is 0 Å². The number of nitrogens with one attached hydrogen (secondary N) is 1. The molecule has 1 aliphatic rings. The van der Waals surface area contributed by atoms with E-state index in [1.165, 1.54) is 7.05 Å². The van der Waals surface area contributed by atoms with Crippen molar-refractivity contribution < 1.29 is 18.4 Å². The number of hydrogen-bond acceptors (Lipinski definition) is 3. The Morgan fingerprint density at radius 3 is 2.47 bits per heavy atom. The summed E-state index contributed by atoms with van der Waals surface area (Å²) in [5, 5.41) is 7.22. The maximum absolute atomic E-state index is 13.0. The van der Waals surface area contributed by atoms with Crippen molar-refractivity contribution in [3.8, 4) is 0 Å². The van der Waals surface area contributed by atoms with Gasteiger partial charge in [0.1, 0.15) is 17.3 Å². The van der Waals surface area contributed by atoms with Crippen LogP contribution >= 0.6 is 0 Å². The highest BCUT2D eigenvalue weighted by atomic mass is 19.1. The van der Waals surface area contributed by atoms with Crippen molar-refractivity contribution in [1.29, 1.82) is 0 Å². The fourth-order valence-corrected chi connectivity index (χ4v) is 1.66. The van der Waals surface area contributed by atoms with Crippen LogP contribution in [-0.2, 0) is 9.59 Å². The van der Waals surface area contributed by atoms with Crippen molar-refractivity contribution in [1.82, 2.24) is 5.01 Å². The first-order chi connectivity index (χ1) is 8.95. The first kappa shape index (κ1) is 13.1. The van der Waals surface area contributed by atoms with Crippen molar-refractivity contribution in [2.75, 3.05) is 12.4 Å². The van der Waals surface area contributed by atoms with Gasteiger partial charge in [-0.2, -0.15) is 5.10 Å². The number of rotatable bonds is 2. The van der Waals surface area contributed by atoms with Crippen LogP contribution in [0.5, 0.6) is 0 Å². The molecule has 5 nitrogen and oxygen atoms in total. The van der Waals surface area contributed by atoms with Crippen molar-refractivity contribution in [3.63, 3.8) is 0 Å². The molecule has 2 rings (SSSR count). The van der Waals surface area contributed by atoms with E-state index in [0.717, 1.165) is 17.1 Å². The number of hydrogen-bond donors (Lipinski definition) is 1. The molecular formula is C12H11F2N3O2. The highest BCUT2D eigenvalue weighted by molar-refractivity contribution is 6.43.